The van der Waals surface area contributed by atoms with E-state index in [1.54, 1.807) is 13.2 Å². The fraction of sp³-hybridized carbons (Fsp3) is 0.333. The Labute approximate surface area is 248 Å². The summed E-state index contributed by atoms with van der Waals surface area (Å²) in [6.45, 7) is 4.88. The number of halogens is 1. The summed E-state index contributed by atoms with van der Waals surface area (Å²) in [6.07, 6.45) is -0.232. The molecule has 1 heterocycles. The molecule has 0 N–H and O–H groups in total. The van der Waals surface area contributed by atoms with Crippen LogP contribution in [0.2, 0.25) is 0 Å². The van der Waals surface area contributed by atoms with Gasteiger partial charge in [-0.3, -0.25) is 4.90 Å². The monoisotopic (exact) mass is 569 g/mol. The lowest BCUT2D eigenvalue weighted by Gasteiger charge is -2.47. The molecule has 42 heavy (non-hydrogen) atoms. The molecule has 5 rings (SSSR count). The van der Waals surface area contributed by atoms with Crippen LogP contribution in [-0.4, -0.2) is 49.5 Å². The van der Waals surface area contributed by atoms with Crippen molar-refractivity contribution in [2.24, 2.45) is 0 Å². The molecule has 0 bridgehead atoms. The molecular formula is C36H40FNO4. The second-order valence-corrected chi connectivity index (χ2v) is 10.8. The van der Waals surface area contributed by atoms with Crippen molar-refractivity contribution in [1.82, 2.24) is 4.90 Å². The number of hydrogen-bond donors (Lipinski definition) is 0. The summed E-state index contributed by atoms with van der Waals surface area (Å²) in [7, 11) is 1.55. The Bertz CT molecular complexity index is 1350. The van der Waals surface area contributed by atoms with E-state index in [2.05, 4.69) is 48.2 Å². The van der Waals surface area contributed by atoms with Gasteiger partial charge in [0.1, 0.15) is 23.8 Å². The standard InChI is InChI=1S/C36H40FNO4/c1-27-35(41-25-29-14-8-4-9-15-29)36(42-26-30-16-10-5-11-17-30)34(40-24-28-12-6-3-7-13-28)23-38(27)21-20-31-18-19-32(39-2)22-33(31)37/h3-19,22,27,34-36H,20-21,23-26H2,1-2H3/t27-,34+,35-,36-/m1/s1. The van der Waals surface area contributed by atoms with Crippen molar-refractivity contribution in [2.75, 3.05) is 20.2 Å². The molecule has 0 unspecified atom stereocenters. The Morgan fingerprint density at radius 1 is 0.690 bits per heavy atom. The van der Waals surface area contributed by atoms with E-state index in [-0.39, 0.29) is 30.2 Å². The Balaban J connectivity index is 1.37. The van der Waals surface area contributed by atoms with Gasteiger partial charge >= 0.3 is 0 Å². The van der Waals surface area contributed by atoms with E-state index >= 15 is 0 Å². The van der Waals surface area contributed by atoms with E-state index in [9.17, 15) is 4.39 Å². The fourth-order valence-corrected chi connectivity index (χ4v) is 5.51. The van der Waals surface area contributed by atoms with Gasteiger partial charge in [0.25, 0.3) is 0 Å². The quantitative estimate of drug-likeness (QED) is 0.176. The molecule has 4 aromatic rings. The zero-order valence-electron chi connectivity index (χ0n) is 24.4. The maximum Gasteiger partial charge on any atom is 0.130 e. The molecule has 5 nitrogen and oxygen atoms in total. The molecule has 0 saturated carbocycles. The lowest BCUT2D eigenvalue weighted by Crippen LogP contribution is -2.62. The maximum absolute atomic E-state index is 14.8. The molecule has 0 radical (unpaired) electrons. The first-order chi connectivity index (χ1) is 20.6. The number of nitrogens with zero attached hydrogens (tertiary/aromatic N) is 1. The van der Waals surface area contributed by atoms with Gasteiger partial charge in [0.15, 0.2) is 0 Å². The molecule has 4 atom stereocenters. The first-order valence-corrected chi connectivity index (χ1v) is 14.6. The number of rotatable bonds is 13. The highest BCUT2D eigenvalue weighted by molar-refractivity contribution is 5.29. The van der Waals surface area contributed by atoms with Crippen molar-refractivity contribution in [3.63, 3.8) is 0 Å². The highest BCUT2D eigenvalue weighted by Crippen LogP contribution is 2.29. The largest absolute Gasteiger partial charge is 0.497 e. The third-order valence-corrected chi connectivity index (χ3v) is 7.96. The average molecular weight is 570 g/mol. The molecule has 220 valence electrons. The van der Waals surface area contributed by atoms with Crippen LogP contribution in [0.1, 0.15) is 29.2 Å². The summed E-state index contributed by atoms with van der Waals surface area (Å²) >= 11 is 0. The Hall–Kier alpha value is -3.55. The minimum absolute atomic E-state index is 0.0207. The lowest BCUT2D eigenvalue weighted by atomic mass is 9.93. The van der Waals surface area contributed by atoms with Crippen molar-refractivity contribution in [2.45, 2.75) is 57.5 Å². The number of piperidine rings is 1. The van der Waals surface area contributed by atoms with Crippen LogP contribution in [0.4, 0.5) is 4.39 Å². The van der Waals surface area contributed by atoms with Gasteiger partial charge in [-0.15, -0.1) is 0 Å². The molecule has 6 heteroatoms. The van der Waals surface area contributed by atoms with E-state index < -0.39 is 0 Å². The topological polar surface area (TPSA) is 40.2 Å². The average Bonchev–Trinajstić information content (AvgIpc) is 3.04. The van der Waals surface area contributed by atoms with E-state index in [0.29, 0.717) is 50.6 Å². The Kier molecular flexibility index (Phi) is 10.7. The third-order valence-electron chi connectivity index (χ3n) is 7.96. The van der Waals surface area contributed by atoms with Gasteiger partial charge in [0, 0.05) is 25.2 Å². The number of hydrogen-bond acceptors (Lipinski definition) is 5. The van der Waals surface area contributed by atoms with Gasteiger partial charge in [0.2, 0.25) is 0 Å². The van der Waals surface area contributed by atoms with Crippen LogP contribution in [-0.2, 0) is 40.5 Å². The van der Waals surface area contributed by atoms with Crippen molar-refractivity contribution in [1.29, 1.82) is 0 Å². The van der Waals surface area contributed by atoms with Crippen LogP contribution in [0.25, 0.3) is 0 Å². The predicted octanol–water partition coefficient (Wildman–Crippen LogP) is 6.84. The molecule has 1 aliphatic heterocycles. The predicted molar refractivity (Wildman–Crippen MR) is 163 cm³/mol. The normalized spacial score (nSPS) is 20.8. The van der Waals surface area contributed by atoms with Gasteiger partial charge in [-0.2, -0.15) is 0 Å². The van der Waals surface area contributed by atoms with Gasteiger partial charge in [-0.05, 0) is 41.7 Å². The Morgan fingerprint density at radius 3 is 1.74 bits per heavy atom. The zero-order chi connectivity index (χ0) is 29.1. The molecule has 1 fully saturated rings. The second kappa shape index (κ2) is 15.1. The highest BCUT2D eigenvalue weighted by Gasteiger charge is 2.44. The molecule has 0 amide bonds. The SMILES string of the molecule is COc1ccc(CCN2C[C@H](OCc3ccccc3)[C@@H](OCc3ccccc3)[C@H](OCc3ccccc3)[C@H]2C)c(F)c1. The van der Waals surface area contributed by atoms with E-state index in [1.807, 2.05) is 60.7 Å². The third kappa shape index (κ3) is 8.05. The lowest BCUT2D eigenvalue weighted by molar-refractivity contribution is -0.200. The molecular weight excluding hydrogens is 529 g/mol. The smallest absolute Gasteiger partial charge is 0.130 e. The minimum Gasteiger partial charge on any atom is -0.497 e. The molecule has 0 aromatic heterocycles. The van der Waals surface area contributed by atoms with Crippen LogP contribution in [0.5, 0.6) is 5.75 Å². The summed E-state index contributed by atoms with van der Waals surface area (Å²) in [5.74, 6) is 0.265. The van der Waals surface area contributed by atoms with Gasteiger partial charge in [-0.1, -0.05) is 97.1 Å². The number of ether oxygens (including phenoxy) is 4. The summed E-state index contributed by atoms with van der Waals surface area (Å²) in [6, 6.07) is 35.6. The molecule has 0 aliphatic carbocycles. The van der Waals surface area contributed by atoms with Crippen molar-refractivity contribution >= 4 is 0 Å². The van der Waals surface area contributed by atoms with Gasteiger partial charge < -0.3 is 18.9 Å². The maximum atomic E-state index is 14.8. The molecule has 0 spiro atoms. The van der Waals surface area contributed by atoms with E-state index in [4.69, 9.17) is 18.9 Å². The van der Waals surface area contributed by atoms with Crippen LogP contribution in [0, 0.1) is 5.82 Å². The first-order valence-electron chi connectivity index (χ1n) is 14.6. The Morgan fingerprint density at radius 2 is 1.21 bits per heavy atom. The van der Waals surface area contributed by atoms with E-state index in [0.717, 1.165) is 16.7 Å². The number of methoxy groups -OCH3 is 1. The summed E-state index contributed by atoms with van der Waals surface area (Å²) in [5.41, 5.74) is 3.97. The van der Waals surface area contributed by atoms with Crippen LogP contribution in [0.15, 0.2) is 109 Å². The molecule has 4 aromatic carbocycles. The molecule has 1 aliphatic rings. The van der Waals surface area contributed by atoms with Gasteiger partial charge in [-0.25, -0.2) is 4.39 Å². The fourth-order valence-electron chi connectivity index (χ4n) is 5.51. The van der Waals surface area contributed by atoms with Crippen LogP contribution in [0.3, 0.4) is 0 Å². The summed E-state index contributed by atoms with van der Waals surface area (Å²) in [4.78, 5) is 2.34. The van der Waals surface area contributed by atoms with Crippen LogP contribution < -0.4 is 4.74 Å². The van der Waals surface area contributed by atoms with Gasteiger partial charge in [0.05, 0.1) is 33.0 Å². The highest BCUT2D eigenvalue weighted by atomic mass is 19.1. The van der Waals surface area contributed by atoms with Crippen LogP contribution >= 0.6 is 0 Å². The van der Waals surface area contributed by atoms with Crippen molar-refractivity contribution in [3.8, 4) is 5.75 Å². The first kappa shape index (κ1) is 29.9. The zero-order valence-corrected chi connectivity index (χ0v) is 24.4. The second-order valence-electron chi connectivity index (χ2n) is 10.8. The number of benzene rings is 4. The van der Waals surface area contributed by atoms with Crippen molar-refractivity contribution < 1.29 is 23.3 Å². The molecule has 1 saturated heterocycles. The minimum atomic E-state index is -0.290. The van der Waals surface area contributed by atoms with E-state index in [1.165, 1.54) is 6.07 Å². The summed E-state index contributed by atoms with van der Waals surface area (Å²) in [5, 5.41) is 0. The van der Waals surface area contributed by atoms with Crippen molar-refractivity contribution in [3.05, 3.63) is 137 Å². The summed E-state index contributed by atoms with van der Waals surface area (Å²) < 4.78 is 39.9. The number of likely N-dealkylation sites (tertiary alicyclic amines) is 1.